The smallest absolute Gasteiger partial charge is 0.229 e. The summed E-state index contributed by atoms with van der Waals surface area (Å²) >= 11 is 0. The summed E-state index contributed by atoms with van der Waals surface area (Å²) in [5.41, 5.74) is 9.70. The van der Waals surface area contributed by atoms with Gasteiger partial charge in [0, 0.05) is 0 Å². The van der Waals surface area contributed by atoms with E-state index >= 15 is 0 Å². The Morgan fingerprint density at radius 3 is 2.71 bits per heavy atom. The van der Waals surface area contributed by atoms with Crippen molar-refractivity contribution < 1.29 is 14.2 Å². The van der Waals surface area contributed by atoms with Crippen molar-refractivity contribution in [3.63, 3.8) is 0 Å². The van der Waals surface area contributed by atoms with Crippen LogP contribution in [0.5, 0.6) is 17.4 Å². The fraction of sp³-hybridized carbons (Fsp3) is 0.167. The Morgan fingerprint density at radius 1 is 1.26 bits per heavy atom. The molecule has 0 saturated heterocycles. The van der Waals surface area contributed by atoms with E-state index in [0.717, 1.165) is 22.5 Å². The summed E-state index contributed by atoms with van der Waals surface area (Å²) in [5.74, 6) is 1.25. The number of benzene rings is 2. The number of rotatable bonds is 6. The molecule has 3 aromatic rings. The lowest BCUT2D eigenvalue weighted by Gasteiger charge is -2.25. The van der Waals surface area contributed by atoms with Gasteiger partial charge in [0.25, 0.3) is 0 Å². The van der Waals surface area contributed by atoms with Gasteiger partial charge in [-0.3, -0.25) is 0 Å². The third-order valence-electron chi connectivity index (χ3n) is 5.11. The van der Waals surface area contributed by atoms with Crippen LogP contribution < -0.4 is 19.9 Å². The highest BCUT2D eigenvalue weighted by Gasteiger charge is 2.36. The Hall–Kier alpha value is -4.18. The average Bonchev–Trinajstić information content (AvgIpc) is 3.13. The normalized spacial score (nSPS) is 14.9. The first-order valence-corrected chi connectivity index (χ1v) is 9.73. The van der Waals surface area contributed by atoms with Gasteiger partial charge in [-0.25, -0.2) is 4.68 Å². The molecule has 1 aliphatic heterocycles. The van der Waals surface area contributed by atoms with Crippen molar-refractivity contribution >= 4 is 0 Å². The minimum Gasteiger partial charge on any atom is -0.493 e. The molecule has 2 aromatic carbocycles. The zero-order valence-electron chi connectivity index (χ0n) is 17.3. The summed E-state index contributed by atoms with van der Waals surface area (Å²) in [6, 6.07) is 17.4. The maximum Gasteiger partial charge on any atom is 0.229 e. The van der Waals surface area contributed by atoms with Crippen molar-refractivity contribution in [2.75, 3.05) is 13.7 Å². The number of aryl methyl sites for hydroxylation is 1. The van der Waals surface area contributed by atoms with Crippen LogP contribution in [0, 0.1) is 18.3 Å². The number of nitriles is 1. The van der Waals surface area contributed by atoms with Crippen molar-refractivity contribution in [2.24, 2.45) is 5.73 Å². The molecule has 0 radical (unpaired) electrons. The molecule has 156 valence electrons. The standard InChI is InChI=1S/C24H22N4O3/c1-4-12-30-19-11-10-16(13-20(19)29-3)22-18(14-25)23(26)31-24-21(22)15(2)27-28(24)17-8-6-5-7-9-17/h4-11,13,22H,1,12,26H2,2-3H3/t22-/m0/s1. The Labute approximate surface area is 180 Å². The summed E-state index contributed by atoms with van der Waals surface area (Å²) in [6.45, 7) is 5.92. The zero-order chi connectivity index (χ0) is 22.0. The first-order chi connectivity index (χ1) is 15.1. The van der Waals surface area contributed by atoms with Gasteiger partial charge in [0.05, 0.1) is 30.0 Å². The topological polar surface area (TPSA) is 95.3 Å². The maximum atomic E-state index is 9.87. The van der Waals surface area contributed by atoms with Gasteiger partial charge in [-0.2, -0.15) is 10.4 Å². The number of allylic oxidation sites excluding steroid dienone is 1. The van der Waals surface area contributed by atoms with Gasteiger partial charge in [-0.1, -0.05) is 36.9 Å². The van der Waals surface area contributed by atoms with E-state index in [1.165, 1.54) is 0 Å². The van der Waals surface area contributed by atoms with E-state index in [0.29, 0.717) is 29.6 Å². The van der Waals surface area contributed by atoms with Crippen LogP contribution in [0.1, 0.15) is 22.7 Å². The van der Waals surface area contributed by atoms with E-state index in [1.807, 2.05) is 55.5 Å². The second kappa shape index (κ2) is 8.28. The average molecular weight is 414 g/mol. The number of methoxy groups -OCH3 is 1. The maximum absolute atomic E-state index is 9.87. The van der Waals surface area contributed by atoms with E-state index in [1.54, 1.807) is 17.9 Å². The third-order valence-corrected chi connectivity index (χ3v) is 5.11. The molecule has 1 aliphatic rings. The summed E-state index contributed by atoms with van der Waals surface area (Å²) in [6.07, 6.45) is 1.66. The fourth-order valence-corrected chi connectivity index (χ4v) is 3.72. The molecule has 2 heterocycles. The Balaban J connectivity index is 1.88. The first-order valence-electron chi connectivity index (χ1n) is 9.73. The van der Waals surface area contributed by atoms with Crippen molar-refractivity contribution in [3.8, 4) is 29.1 Å². The lowest BCUT2D eigenvalue weighted by Crippen LogP contribution is -2.22. The highest BCUT2D eigenvalue weighted by atomic mass is 16.5. The summed E-state index contributed by atoms with van der Waals surface area (Å²) < 4.78 is 18.8. The molecular formula is C24H22N4O3. The number of nitrogens with two attached hydrogens (primary N) is 1. The predicted molar refractivity (Wildman–Crippen MR) is 116 cm³/mol. The molecule has 31 heavy (non-hydrogen) atoms. The highest BCUT2D eigenvalue weighted by molar-refractivity contribution is 5.59. The third kappa shape index (κ3) is 3.49. The van der Waals surface area contributed by atoms with Crippen molar-refractivity contribution in [2.45, 2.75) is 12.8 Å². The monoisotopic (exact) mass is 414 g/mol. The largest absolute Gasteiger partial charge is 0.493 e. The Bertz CT molecular complexity index is 1210. The van der Waals surface area contributed by atoms with Crippen LogP contribution in [0.15, 0.2) is 72.6 Å². The Kier molecular flexibility index (Phi) is 5.37. The summed E-state index contributed by atoms with van der Waals surface area (Å²) in [7, 11) is 1.57. The molecule has 4 rings (SSSR count). The van der Waals surface area contributed by atoms with Crippen LogP contribution in [0.3, 0.4) is 0 Å². The summed E-state index contributed by atoms with van der Waals surface area (Å²) in [5, 5.41) is 14.5. The van der Waals surface area contributed by atoms with E-state index in [4.69, 9.17) is 19.9 Å². The number of nitrogens with zero attached hydrogens (tertiary/aromatic N) is 3. The van der Waals surface area contributed by atoms with Crippen molar-refractivity contribution in [1.82, 2.24) is 9.78 Å². The molecule has 0 spiro atoms. The molecule has 0 aliphatic carbocycles. The quantitative estimate of drug-likeness (QED) is 0.613. The molecule has 0 amide bonds. The van der Waals surface area contributed by atoms with Gasteiger partial charge >= 0.3 is 0 Å². The lowest BCUT2D eigenvalue weighted by molar-refractivity contribution is 0.326. The molecule has 0 fully saturated rings. The van der Waals surface area contributed by atoms with Crippen LogP contribution in [0.4, 0.5) is 0 Å². The minimum atomic E-state index is -0.450. The van der Waals surface area contributed by atoms with Gasteiger partial charge in [-0.15, -0.1) is 0 Å². The molecule has 1 atom stereocenters. The van der Waals surface area contributed by atoms with Crippen LogP contribution in [0.25, 0.3) is 5.69 Å². The Morgan fingerprint density at radius 2 is 2.03 bits per heavy atom. The second-order valence-corrected chi connectivity index (χ2v) is 6.99. The molecule has 2 N–H and O–H groups in total. The van der Waals surface area contributed by atoms with Crippen LogP contribution in [0.2, 0.25) is 0 Å². The number of para-hydroxylation sites is 1. The molecular weight excluding hydrogens is 392 g/mol. The molecule has 7 heteroatoms. The SMILES string of the molecule is C=CCOc1ccc([C@H]2C(C#N)=C(N)Oc3c2c(C)nn3-c2ccccc2)cc1OC. The van der Waals surface area contributed by atoms with Crippen LogP contribution in [-0.4, -0.2) is 23.5 Å². The minimum absolute atomic E-state index is 0.0584. The molecule has 7 nitrogen and oxygen atoms in total. The molecule has 0 unspecified atom stereocenters. The van der Waals surface area contributed by atoms with Gasteiger partial charge in [0.2, 0.25) is 11.8 Å². The van der Waals surface area contributed by atoms with Crippen LogP contribution in [-0.2, 0) is 0 Å². The number of aromatic nitrogens is 2. The number of fused-ring (bicyclic) bond motifs is 1. The number of hydrogen-bond acceptors (Lipinski definition) is 6. The number of ether oxygens (including phenoxy) is 3. The lowest BCUT2D eigenvalue weighted by atomic mass is 9.84. The summed E-state index contributed by atoms with van der Waals surface area (Å²) in [4.78, 5) is 0. The predicted octanol–water partition coefficient (Wildman–Crippen LogP) is 3.97. The highest BCUT2D eigenvalue weighted by Crippen LogP contribution is 2.46. The van der Waals surface area contributed by atoms with Crippen molar-refractivity contribution in [1.29, 1.82) is 5.26 Å². The van der Waals surface area contributed by atoms with Gasteiger partial charge < -0.3 is 19.9 Å². The zero-order valence-corrected chi connectivity index (χ0v) is 17.3. The first kappa shape index (κ1) is 20.1. The van der Waals surface area contributed by atoms with Crippen LogP contribution >= 0.6 is 0 Å². The van der Waals surface area contributed by atoms with Crippen molar-refractivity contribution in [3.05, 3.63) is 89.5 Å². The van der Waals surface area contributed by atoms with Gasteiger partial charge in [-0.05, 0) is 36.8 Å². The molecule has 1 aromatic heterocycles. The van der Waals surface area contributed by atoms with E-state index in [-0.39, 0.29) is 5.88 Å². The van der Waals surface area contributed by atoms with E-state index in [9.17, 15) is 5.26 Å². The van der Waals surface area contributed by atoms with E-state index < -0.39 is 5.92 Å². The second-order valence-electron chi connectivity index (χ2n) is 6.99. The molecule has 0 bridgehead atoms. The van der Waals surface area contributed by atoms with E-state index in [2.05, 4.69) is 17.7 Å². The number of hydrogen-bond donors (Lipinski definition) is 1. The van der Waals surface area contributed by atoms with Gasteiger partial charge in [0.15, 0.2) is 11.5 Å². The molecule has 0 saturated carbocycles. The fourth-order valence-electron chi connectivity index (χ4n) is 3.72. The van der Waals surface area contributed by atoms with Gasteiger partial charge in [0.1, 0.15) is 18.2 Å².